The Morgan fingerprint density at radius 1 is 1.26 bits per heavy atom. The Morgan fingerprint density at radius 2 is 2.00 bits per heavy atom. The predicted molar refractivity (Wildman–Crippen MR) is 63.3 cm³/mol. The fraction of sp³-hybridized carbons (Fsp3) is 0. The number of carbonyl (C=O) groups excluding carboxylic acids is 1. The molecule has 1 amide bonds. The van der Waals surface area contributed by atoms with Gasteiger partial charge in [0.1, 0.15) is 6.07 Å². The first-order chi connectivity index (χ1) is 9.13. The molecule has 0 atom stereocenters. The summed E-state index contributed by atoms with van der Waals surface area (Å²) in [6, 6.07) is 9.17. The van der Waals surface area contributed by atoms with Crippen LogP contribution in [0.2, 0.25) is 0 Å². The van der Waals surface area contributed by atoms with Crippen LogP contribution in [-0.4, -0.2) is 10.9 Å². The van der Waals surface area contributed by atoms with Crippen molar-refractivity contribution in [3.8, 4) is 6.07 Å². The van der Waals surface area contributed by atoms with Crippen LogP contribution in [0.3, 0.4) is 0 Å². The Balaban J connectivity index is 2.32. The first-order valence-electron chi connectivity index (χ1n) is 5.24. The number of nitrogens with one attached hydrogen (secondary N) is 1. The first-order valence-corrected chi connectivity index (χ1v) is 5.24. The highest BCUT2D eigenvalue weighted by molar-refractivity contribution is 6.05. The lowest BCUT2D eigenvalue weighted by atomic mass is 10.1. The molecular weight excluding hydrogens is 252 g/mol. The smallest absolute Gasteiger partial charge is 0.258 e. The molecule has 2 rings (SSSR count). The van der Waals surface area contributed by atoms with Gasteiger partial charge < -0.3 is 5.32 Å². The zero-order valence-electron chi connectivity index (χ0n) is 9.52. The van der Waals surface area contributed by atoms with Crippen molar-refractivity contribution in [2.75, 3.05) is 5.32 Å². The largest absolute Gasteiger partial charge is 0.321 e. The van der Waals surface area contributed by atoms with Gasteiger partial charge in [-0.15, -0.1) is 0 Å². The van der Waals surface area contributed by atoms with Gasteiger partial charge in [-0.3, -0.25) is 4.79 Å². The number of benzene rings is 1. The molecule has 0 spiro atoms. The quantitative estimate of drug-likeness (QED) is 0.842. The van der Waals surface area contributed by atoms with Crippen LogP contribution in [0.15, 0.2) is 36.5 Å². The van der Waals surface area contributed by atoms with Crippen LogP contribution in [0.1, 0.15) is 15.9 Å². The topological polar surface area (TPSA) is 65.8 Å². The highest BCUT2D eigenvalue weighted by Crippen LogP contribution is 2.16. The second kappa shape index (κ2) is 5.23. The van der Waals surface area contributed by atoms with Crippen molar-refractivity contribution in [1.82, 2.24) is 4.98 Å². The van der Waals surface area contributed by atoms with Gasteiger partial charge in [-0.1, -0.05) is 12.1 Å². The van der Waals surface area contributed by atoms with Crippen molar-refractivity contribution in [3.63, 3.8) is 0 Å². The lowest BCUT2D eigenvalue weighted by molar-refractivity contribution is 0.102. The molecule has 4 nitrogen and oxygen atoms in total. The van der Waals surface area contributed by atoms with E-state index in [-0.39, 0.29) is 11.3 Å². The van der Waals surface area contributed by atoms with Gasteiger partial charge in [-0.05, 0) is 18.2 Å². The van der Waals surface area contributed by atoms with E-state index < -0.39 is 23.2 Å². The summed E-state index contributed by atoms with van der Waals surface area (Å²) in [5.74, 6) is -3.52. The summed E-state index contributed by atoms with van der Waals surface area (Å²) < 4.78 is 26.3. The molecule has 0 aliphatic heterocycles. The Bertz CT molecular complexity index is 680. The maximum absolute atomic E-state index is 13.4. The number of aromatic nitrogens is 1. The Labute approximate surface area is 107 Å². The minimum atomic E-state index is -1.35. The number of amides is 1. The number of anilines is 1. The summed E-state index contributed by atoms with van der Waals surface area (Å²) >= 11 is 0. The molecule has 94 valence electrons. The molecule has 0 fully saturated rings. The van der Waals surface area contributed by atoms with Gasteiger partial charge in [-0.2, -0.15) is 9.65 Å². The predicted octanol–water partition coefficient (Wildman–Crippen LogP) is 2.48. The monoisotopic (exact) mass is 259 g/mol. The SMILES string of the molecule is N#Cc1ccccc1NC(=O)c1ccnc(F)c1F. The van der Waals surface area contributed by atoms with Crippen molar-refractivity contribution < 1.29 is 13.6 Å². The molecule has 0 aliphatic carbocycles. The molecule has 0 aliphatic rings. The van der Waals surface area contributed by atoms with Crippen molar-refractivity contribution in [2.45, 2.75) is 0 Å². The van der Waals surface area contributed by atoms with Crippen LogP contribution in [0, 0.1) is 23.1 Å². The van der Waals surface area contributed by atoms with Gasteiger partial charge in [-0.25, -0.2) is 9.37 Å². The van der Waals surface area contributed by atoms with Crippen LogP contribution in [0.25, 0.3) is 0 Å². The number of nitrogens with zero attached hydrogens (tertiary/aromatic N) is 2. The van der Waals surface area contributed by atoms with Crippen LogP contribution in [0.5, 0.6) is 0 Å². The third kappa shape index (κ3) is 2.55. The molecule has 0 saturated carbocycles. The number of carbonyl (C=O) groups is 1. The van der Waals surface area contributed by atoms with Crippen LogP contribution >= 0.6 is 0 Å². The molecule has 1 N–H and O–H groups in total. The summed E-state index contributed by atoms with van der Waals surface area (Å²) in [5, 5.41) is 11.2. The molecular formula is C13H7F2N3O. The molecule has 19 heavy (non-hydrogen) atoms. The summed E-state index contributed by atoms with van der Waals surface area (Å²) in [6.45, 7) is 0. The number of rotatable bonds is 2. The van der Waals surface area contributed by atoms with E-state index in [1.165, 1.54) is 12.1 Å². The van der Waals surface area contributed by atoms with Gasteiger partial charge >= 0.3 is 0 Å². The number of pyridine rings is 1. The van der Waals surface area contributed by atoms with E-state index >= 15 is 0 Å². The molecule has 1 heterocycles. The minimum absolute atomic E-state index is 0.228. The standard InChI is InChI=1S/C13H7F2N3O/c14-11-9(5-6-17-12(11)15)13(19)18-10-4-2-1-3-8(10)7-16/h1-6H,(H,18,19). The number of hydrogen-bond acceptors (Lipinski definition) is 3. The number of hydrogen-bond donors (Lipinski definition) is 1. The van der Waals surface area contributed by atoms with Gasteiger partial charge in [0.05, 0.1) is 16.8 Å². The normalized spacial score (nSPS) is 9.74. The van der Waals surface area contributed by atoms with Crippen LogP contribution < -0.4 is 5.32 Å². The fourth-order valence-electron chi connectivity index (χ4n) is 1.47. The number of halogens is 2. The second-order valence-corrected chi connectivity index (χ2v) is 3.57. The van der Waals surface area contributed by atoms with Gasteiger partial charge in [0.15, 0.2) is 5.82 Å². The Hall–Kier alpha value is -2.81. The number of nitriles is 1. The lowest BCUT2D eigenvalue weighted by Crippen LogP contribution is -2.15. The van der Waals surface area contributed by atoms with Crippen molar-refractivity contribution in [3.05, 3.63) is 59.4 Å². The van der Waals surface area contributed by atoms with Gasteiger partial charge in [0, 0.05) is 6.20 Å². The summed E-state index contributed by atoms with van der Waals surface area (Å²) in [5.41, 5.74) is -0.0161. The highest BCUT2D eigenvalue weighted by atomic mass is 19.2. The summed E-state index contributed by atoms with van der Waals surface area (Å²) in [7, 11) is 0. The molecule has 2 aromatic rings. The first kappa shape index (κ1) is 12.6. The molecule has 0 unspecified atom stereocenters. The zero-order chi connectivity index (χ0) is 13.8. The molecule has 0 radical (unpaired) electrons. The van der Waals surface area contributed by atoms with E-state index in [1.807, 2.05) is 6.07 Å². The van der Waals surface area contributed by atoms with E-state index in [9.17, 15) is 13.6 Å². The van der Waals surface area contributed by atoms with Crippen molar-refractivity contribution in [2.24, 2.45) is 0 Å². The van der Waals surface area contributed by atoms with E-state index in [2.05, 4.69) is 10.3 Å². The average Bonchev–Trinajstić information content (AvgIpc) is 2.42. The van der Waals surface area contributed by atoms with E-state index in [0.29, 0.717) is 0 Å². The third-order valence-corrected chi connectivity index (χ3v) is 2.39. The van der Waals surface area contributed by atoms with Crippen LogP contribution in [0.4, 0.5) is 14.5 Å². The summed E-state index contributed by atoms with van der Waals surface area (Å²) in [6.07, 6.45) is 0.990. The molecule has 0 saturated heterocycles. The number of para-hydroxylation sites is 1. The summed E-state index contributed by atoms with van der Waals surface area (Å²) in [4.78, 5) is 14.9. The van der Waals surface area contributed by atoms with E-state index in [0.717, 1.165) is 12.3 Å². The maximum atomic E-state index is 13.4. The molecule has 0 bridgehead atoms. The third-order valence-electron chi connectivity index (χ3n) is 2.39. The Kier molecular flexibility index (Phi) is 3.48. The molecule has 1 aromatic heterocycles. The fourth-order valence-corrected chi connectivity index (χ4v) is 1.47. The average molecular weight is 259 g/mol. The van der Waals surface area contributed by atoms with Gasteiger partial charge in [0.25, 0.3) is 5.91 Å². The van der Waals surface area contributed by atoms with Crippen molar-refractivity contribution >= 4 is 11.6 Å². The second-order valence-electron chi connectivity index (χ2n) is 3.57. The Morgan fingerprint density at radius 3 is 2.74 bits per heavy atom. The highest BCUT2D eigenvalue weighted by Gasteiger charge is 2.16. The van der Waals surface area contributed by atoms with Gasteiger partial charge in [0.2, 0.25) is 5.95 Å². The zero-order valence-corrected chi connectivity index (χ0v) is 9.52. The minimum Gasteiger partial charge on any atom is -0.321 e. The van der Waals surface area contributed by atoms with Crippen molar-refractivity contribution in [1.29, 1.82) is 5.26 Å². The lowest BCUT2D eigenvalue weighted by Gasteiger charge is -2.07. The van der Waals surface area contributed by atoms with E-state index in [4.69, 9.17) is 5.26 Å². The molecule has 6 heteroatoms. The molecule has 1 aromatic carbocycles. The maximum Gasteiger partial charge on any atom is 0.258 e. The van der Waals surface area contributed by atoms with E-state index in [1.54, 1.807) is 12.1 Å². The van der Waals surface area contributed by atoms with Crippen LogP contribution in [-0.2, 0) is 0 Å².